The van der Waals surface area contributed by atoms with Crippen LogP contribution in [-0.4, -0.2) is 45.5 Å². The van der Waals surface area contributed by atoms with Crippen molar-refractivity contribution in [1.82, 2.24) is 24.8 Å². The number of fused-ring (bicyclic) bond motifs is 2. The van der Waals surface area contributed by atoms with E-state index in [-0.39, 0.29) is 0 Å². The molecule has 25 heavy (non-hydrogen) atoms. The highest BCUT2D eigenvalue weighted by molar-refractivity contribution is 5.87. The quantitative estimate of drug-likeness (QED) is 0.745. The van der Waals surface area contributed by atoms with Gasteiger partial charge in [0.15, 0.2) is 0 Å². The van der Waals surface area contributed by atoms with Crippen LogP contribution in [0.5, 0.6) is 5.88 Å². The van der Waals surface area contributed by atoms with Gasteiger partial charge in [-0.05, 0) is 24.7 Å². The Balaban J connectivity index is 1.72. The molecule has 8 nitrogen and oxygen atoms in total. The molecular weight excluding hydrogens is 318 g/mol. The summed E-state index contributed by atoms with van der Waals surface area (Å²) in [6.45, 7) is 1.85. The van der Waals surface area contributed by atoms with Crippen molar-refractivity contribution in [2.24, 2.45) is 0 Å². The zero-order chi connectivity index (χ0) is 17.4. The van der Waals surface area contributed by atoms with Crippen molar-refractivity contribution in [1.29, 1.82) is 0 Å². The number of hydrogen-bond donors (Lipinski definition) is 2. The highest BCUT2D eigenvalue weighted by Crippen LogP contribution is 2.30. The van der Waals surface area contributed by atoms with Crippen molar-refractivity contribution in [2.45, 2.75) is 13.0 Å². The number of anilines is 3. The lowest BCUT2D eigenvalue weighted by Crippen LogP contribution is -2.27. The van der Waals surface area contributed by atoms with E-state index in [0.29, 0.717) is 23.2 Å². The molecular formula is C17H19N7O. The number of likely N-dealkylation sites (N-methyl/N-ethyl adjacent to an activating group) is 1. The summed E-state index contributed by atoms with van der Waals surface area (Å²) in [7, 11) is 3.71. The topological polar surface area (TPSA) is 102 Å². The second-order valence-corrected chi connectivity index (χ2v) is 6.09. The zero-order valence-corrected chi connectivity index (χ0v) is 14.2. The first-order valence-electron chi connectivity index (χ1n) is 8.03. The molecule has 1 aliphatic heterocycles. The Kier molecular flexibility index (Phi) is 3.81. The number of rotatable bonds is 3. The lowest BCUT2D eigenvalue weighted by molar-refractivity contribution is 0.307. The van der Waals surface area contributed by atoms with Crippen molar-refractivity contribution in [3.8, 4) is 5.88 Å². The third-order valence-corrected chi connectivity index (χ3v) is 4.29. The smallest absolute Gasteiger partial charge is 0.237 e. The number of hydrogen-bond acceptors (Lipinski definition) is 8. The van der Waals surface area contributed by atoms with Crippen LogP contribution in [0.3, 0.4) is 0 Å². The van der Waals surface area contributed by atoms with Crippen LogP contribution in [0.15, 0.2) is 24.5 Å². The van der Waals surface area contributed by atoms with Crippen LogP contribution in [0.25, 0.3) is 10.9 Å². The molecule has 0 aromatic carbocycles. The number of nitrogens with zero attached hydrogens (tertiary/aromatic N) is 5. The molecule has 0 fully saturated rings. The van der Waals surface area contributed by atoms with Crippen LogP contribution in [0.4, 0.5) is 17.5 Å². The molecule has 0 saturated carbocycles. The third-order valence-electron chi connectivity index (χ3n) is 4.29. The van der Waals surface area contributed by atoms with Gasteiger partial charge in [-0.25, -0.2) is 19.9 Å². The van der Waals surface area contributed by atoms with Crippen LogP contribution in [0.1, 0.15) is 11.3 Å². The molecule has 0 aliphatic carbocycles. The van der Waals surface area contributed by atoms with Crippen LogP contribution < -0.4 is 15.8 Å². The molecule has 3 N–H and O–H groups in total. The number of aromatic nitrogens is 4. The average Bonchev–Trinajstić information content (AvgIpc) is 2.62. The van der Waals surface area contributed by atoms with Gasteiger partial charge in [0.25, 0.3) is 0 Å². The molecule has 0 unspecified atom stereocenters. The monoisotopic (exact) mass is 337 g/mol. The molecule has 0 radical (unpaired) electrons. The van der Waals surface area contributed by atoms with Crippen molar-refractivity contribution in [2.75, 3.05) is 31.8 Å². The molecule has 0 atom stereocenters. The first kappa shape index (κ1) is 15.5. The Morgan fingerprint density at radius 3 is 3.00 bits per heavy atom. The number of nitrogens with one attached hydrogen (secondary N) is 1. The molecule has 1 aliphatic rings. The largest absolute Gasteiger partial charge is 0.480 e. The van der Waals surface area contributed by atoms with Crippen molar-refractivity contribution >= 4 is 28.4 Å². The molecule has 128 valence electrons. The molecule has 4 heterocycles. The molecule has 8 heteroatoms. The SMILES string of the molecule is COc1nc2c(cc1Nc1ncc3ccnc(N)c3n1)CN(C)CC2. The Hall–Kier alpha value is -3.00. The van der Waals surface area contributed by atoms with Crippen molar-refractivity contribution < 1.29 is 4.74 Å². The van der Waals surface area contributed by atoms with Gasteiger partial charge in [0.1, 0.15) is 17.0 Å². The fraction of sp³-hybridized carbons (Fsp3) is 0.294. The fourth-order valence-electron chi connectivity index (χ4n) is 3.00. The number of nitrogens with two attached hydrogens (primary N) is 1. The fourth-order valence-corrected chi connectivity index (χ4v) is 3.00. The Bertz CT molecular complexity index is 944. The van der Waals surface area contributed by atoms with Crippen molar-refractivity contribution in [3.63, 3.8) is 0 Å². The summed E-state index contributed by atoms with van der Waals surface area (Å²) >= 11 is 0. The van der Waals surface area contributed by atoms with Gasteiger partial charge in [0.05, 0.1) is 12.8 Å². The highest BCUT2D eigenvalue weighted by Gasteiger charge is 2.19. The van der Waals surface area contributed by atoms with Gasteiger partial charge in [0, 0.05) is 37.3 Å². The Morgan fingerprint density at radius 2 is 2.16 bits per heavy atom. The van der Waals surface area contributed by atoms with Crippen LogP contribution in [0, 0.1) is 0 Å². The normalized spacial score (nSPS) is 14.3. The third kappa shape index (κ3) is 2.91. The number of ether oxygens (including phenoxy) is 1. The number of nitrogen functional groups attached to an aromatic ring is 1. The Labute approximate surface area is 145 Å². The molecule has 0 bridgehead atoms. The molecule has 0 amide bonds. The minimum absolute atomic E-state index is 0.375. The van der Waals surface area contributed by atoms with E-state index in [4.69, 9.17) is 10.5 Å². The number of pyridine rings is 2. The summed E-state index contributed by atoms with van der Waals surface area (Å²) in [6.07, 6.45) is 4.27. The first-order chi connectivity index (χ1) is 12.1. The van der Waals surface area contributed by atoms with E-state index in [2.05, 4.69) is 43.3 Å². The maximum Gasteiger partial charge on any atom is 0.237 e. The lowest BCUT2D eigenvalue weighted by atomic mass is 10.1. The predicted molar refractivity (Wildman–Crippen MR) is 95.9 cm³/mol. The maximum absolute atomic E-state index is 5.91. The van der Waals surface area contributed by atoms with Gasteiger partial charge in [-0.3, -0.25) is 0 Å². The van der Waals surface area contributed by atoms with Gasteiger partial charge in [-0.1, -0.05) is 0 Å². The summed E-state index contributed by atoms with van der Waals surface area (Å²) in [6, 6.07) is 3.88. The van der Waals surface area contributed by atoms with E-state index in [1.807, 2.05) is 6.07 Å². The first-order valence-corrected chi connectivity index (χ1v) is 8.03. The Morgan fingerprint density at radius 1 is 1.28 bits per heavy atom. The second-order valence-electron chi connectivity index (χ2n) is 6.09. The zero-order valence-electron chi connectivity index (χ0n) is 14.2. The molecule has 4 rings (SSSR count). The van der Waals surface area contributed by atoms with E-state index in [1.165, 1.54) is 5.56 Å². The summed E-state index contributed by atoms with van der Waals surface area (Å²) in [5.41, 5.74) is 9.52. The van der Waals surface area contributed by atoms with Gasteiger partial charge in [0.2, 0.25) is 11.8 Å². The predicted octanol–water partition coefficient (Wildman–Crippen LogP) is 1.74. The van der Waals surface area contributed by atoms with E-state index in [0.717, 1.165) is 36.3 Å². The summed E-state index contributed by atoms with van der Waals surface area (Å²) < 4.78 is 5.44. The molecule has 0 saturated heterocycles. The number of methoxy groups -OCH3 is 1. The van der Waals surface area contributed by atoms with Crippen LogP contribution in [0.2, 0.25) is 0 Å². The summed E-state index contributed by atoms with van der Waals surface area (Å²) in [5.74, 6) is 1.34. The van der Waals surface area contributed by atoms with E-state index in [1.54, 1.807) is 19.5 Å². The van der Waals surface area contributed by atoms with Crippen LogP contribution >= 0.6 is 0 Å². The summed E-state index contributed by atoms with van der Waals surface area (Å²) in [4.78, 5) is 19.8. The van der Waals surface area contributed by atoms with E-state index >= 15 is 0 Å². The van der Waals surface area contributed by atoms with E-state index in [9.17, 15) is 0 Å². The van der Waals surface area contributed by atoms with Gasteiger partial charge in [-0.15, -0.1) is 0 Å². The summed E-state index contributed by atoms with van der Waals surface area (Å²) in [5, 5.41) is 4.04. The van der Waals surface area contributed by atoms with Gasteiger partial charge < -0.3 is 20.7 Å². The second kappa shape index (κ2) is 6.14. The molecule has 3 aromatic rings. The molecule has 0 spiro atoms. The van der Waals surface area contributed by atoms with Crippen molar-refractivity contribution in [3.05, 3.63) is 35.8 Å². The average molecular weight is 337 g/mol. The van der Waals surface area contributed by atoms with Gasteiger partial charge in [-0.2, -0.15) is 0 Å². The van der Waals surface area contributed by atoms with E-state index < -0.39 is 0 Å². The van der Waals surface area contributed by atoms with Gasteiger partial charge >= 0.3 is 0 Å². The van der Waals surface area contributed by atoms with Crippen LogP contribution in [-0.2, 0) is 13.0 Å². The minimum Gasteiger partial charge on any atom is -0.480 e. The minimum atomic E-state index is 0.375. The lowest BCUT2D eigenvalue weighted by Gasteiger charge is -2.25. The molecule has 3 aromatic heterocycles. The highest BCUT2D eigenvalue weighted by atomic mass is 16.5. The maximum atomic E-state index is 5.91. The standard InChI is InChI=1S/C17H19N7O/c1-24-6-4-12-11(9-24)7-13(16(21-12)25-2)22-17-20-8-10-3-5-19-15(18)14(10)23-17/h3,5,7-8H,4,6,9H2,1-2H3,(H2,18,19)(H,20,22,23).